The van der Waals surface area contributed by atoms with E-state index >= 15 is 0 Å². The standard InChI is InChI=1S/C11H10O4/c12-8-4-5-9(13)10-6(8)2-1-3-7(10)11(14)15/h1,3-7,10H,2H2,(H,14,15)/t6-,7-,10-/m0/s1. The van der Waals surface area contributed by atoms with Gasteiger partial charge in [-0.05, 0) is 18.6 Å². The molecule has 0 saturated heterocycles. The molecule has 0 saturated carbocycles. The van der Waals surface area contributed by atoms with Crippen LogP contribution in [0.3, 0.4) is 0 Å². The Morgan fingerprint density at radius 3 is 2.60 bits per heavy atom. The highest BCUT2D eigenvalue weighted by atomic mass is 16.4. The van der Waals surface area contributed by atoms with Crippen molar-refractivity contribution in [1.82, 2.24) is 0 Å². The molecule has 0 aromatic carbocycles. The molecule has 0 heterocycles. The van der Waals surface area contributed by atoms with Crippen LogP contribution in [0.2, 0.25) is 0 Å². The van der Waals surface area contributed by atoms with Crippen LogP contribution in [0.5, 0.6) is 0 Å². The highest BCUT2D eigenvalue weighted by Gasteiger charge is 2.43. The van der Waals surface area contributed by atoms with Gasteiger partial charge < -0.3 is 5.11 Å². The number of allylic oxidation sites excluding steroid dienone is 3. The predicted molar refractivity (Wildman–Crippen MR) is 51.0 cm³/mol. The Labute approximate surface area is 86.3 Å². The summed E-state index contributed by atoms with van der Waals surface area (Å²) in [5, 5.41) is 8.94. The van der Waals surface area contributed by atoms with Gasteiger partial charge in [0.2, 0.25) is 0 Å². The Balaban J connectivity index is 2.40. The Morgan fingerprint density at radius 2 is 1.93 bits per heavy atom. The first-order chi connectivity index (χ1) is 7.11. The number of carbonyl (C=O) groups is 3. The summed E-state index contributed by atoms with van der Waals surface area (Å²) in [4.78, 5) is 34.0. The fourth-order valence-corrected chi connectivity index (χ4v) is 2.19. The number of carboxylic acids is 1. The van der Waals surface area contributed by atoms with Crippen LogP contribution in [0.15, 0.2) is 24.3 Å². The minimum absolute atomic E-state index is 0.143. The van der Waals surface area contributed by atoms with Crippen molar-refractivity contribution in [3.63, 3.8) is 0 Å². The topological polar surface area (TPSA) is 71.4 Å². The Hall–Kier alpha value is -1.71. The van der Waals surface area contributed by atoms with E-state index in [-0.39, 0.29) is 11.6 Å². The second-order valence-corrected chi connectivity index (χ2v) is 3.80. The molecule has 2 rings (SSSR count). The maximum atomic E-state index is 11.6. The van der Waals surface area contributed by atoms with Gasteiger partial charge in [0, 0.05) is 11.8 Å². The van der Waals surface area contributed by atoms with E-state index in [9.17, 15) is 14.4 Å². The second kappa shape index (κ2) is 3.46. The summed E-state index contributed by atoms with van der Waals surface area (Å²) in [5.41, 5.74) is 0. The third kappa shape index (κ3) is 1.52. The zero-order chi connectivity index (χ0) is 11.0. The molecule has 0 amide bonds. The quantitative estimate of drug-likeness (QED) is 0.637. The van der Waals surface area contributed by atoms with E-state index in [0.29, 0.717) is 6.42 Å². The molecule has 2 aliphatic rings. The molecular formula is C11H10O4. The lowest BCUT2D eigenvalue weighted by atomic mass is 9.69. The fourth-order valence-electron chi connectivity index (χ4n) is 2.19. The zero-order valence-corrected chi connectivity index (χ0v) is 7.92. The van der Waals surface area contributed by atoms with Gasteiger partial charge >= 0.3 is 5.97 Å². The van der Waals surface area contributed by atoms with Crippen LogP contribution in [-0.2, 0) is 14.4 Å². The van der Waals surface area contributed by atoms with Gasteiger partial charge in [-0.15, -0.1) is 0 Å². The van der Waals surface area contributed by atoms with Crippen LogP contribution >= 0.6 is 0 Å². The fraction of sp³-hybridized carbons (Fsp3) is 0.364. The highest BCUT2D eigenvalue weighted by Crippen LogP contribution is 2.34. The predicted octanol–water partition coefficient (Wildman–Crippen LogP) is 0.587. The van der Waals surface area contributed by atoms with E-state index in [4.69, 9.17) is 5.11 Å². The highest BCUT2D eigenvalue weighted by molar-refractivity contribution is 6.08. The van der Waals surface area contributed by atoms with Crippen molar-refractivity contribution in [1.29, 1.82) is 0 Å². The lowest BCUT2D eigenvalue weighted by Gasteiger charge is -2.31. The maximum absolute atomic E-state index is 11.6. The average Bonchev–Trinajstić information content (AvgIpc) is 2.23. The molecular weight excluding hydrogens is 196 g/mol. The summed E-state index contributed by atoms with van der Waals surface area (Å²) >= 11 is 0. The molecule has 0 spiro atoms. The summed E-state index contributed by atoms with van der Waals surface area (Å²) in [6, 6.07) is 0. The lowest BCUT2D eigenvalue weighted by molar-refractivity contribution is -0.146. The van der Waals surface area contributed by atoms with Gasteiger partial charge in [-0.25, -0.2) is 0 Å². The van der Waals surface area contributed by atoms with Crippen molar-refractivity contribution >= 4 is 17.5 Å². The molecule has 0 bridgehead atoms. The summed E-state index contributed by atoms with van der Waals surface area (Å²) in [6.07, 6.45) is 6.08. The minimum Gasteiger partial charge on any atom is -0.481 e. The van der Waals surface area contributed by atoms with E-state index in [2.05, 4.69) is 0 Å². The zero-order valence-electron chi connectivity index (χ0n) is 7.92. The Morgan fingerprint density at radius 1 is 1.27 bits per heavy atom. The summed E-state index contributed by atoms with van der Waals surface area (Å²) in [6.45, 7) is 0. The van der Waals surface area contributed by atoms with Crippen molar-refractivity contribution in [3.8, 4) is 0 Å². The number of aliphatic carboxylic acids is 1. The summed E-state index contributed by atoms with van der Waals surface area (Å²) in [5.74, 6) is -3.48. The Kier molecular flexibility index (Phi) is 2.26. The van der Waals surface area contributed by atoms with Gasteiger partial charge in [0.05, 0.1) is 5.92 Å². The van der Waals surface area contributed by atoms with Gasteiger partial charge in [0.15, 0.2) is 11.6 Å². The number of ketones is 2. The molecule has 0 radical (unpaired) electrons. The van der Waals surface area contributed by atoms with Gasteiger partial charge in [0.1, 0.15) is 0 Å². The van der Waals surface area contributed by atoms with Crippen LogP contribution in [-0.4, -0.2) is 22.6 Å². The van der Waals surface area contributed by atoms with Crippen LogP contribution in [0.1, 0.15) is 6.42 Å². The monoisotopic (exact) mass is 206 g/mol. The smallest absolute Gasteiger partial charge is 0.311 e. The number of carboxylic acid groups (broad SMARTS) is 1. The van der Waals surface area contributed by atoms with E-state index < -0.39 is 23.7 Å². The molecule has 15 heavy (non-hydrogen) atoms. The van der Waals surface area contributed by atoms with Crippen LogP contribution in [0.25, 0.3) is 0 Å². The van der Waals surface area contributed by atoms with Gasteiger partial charge in [-0.2, -0.15) is 0 Å². The maximum Gasteiger partial charge on any atom is 0.311 e. The molecule has 4 heteroatoms. The van der Waals surface area contributed by atoms with Crippen molar-refractivity contribution in [2.45, 2.75) is 6.42 Å². The van der Waals surface area contributed by atoms with Crippen molar-refractivity contribution in [2.24, 2.45) is 17.8 Å². The first-order valence-corrected chi connectivity index (χ1v) is 4.76. The van der Waals surface area contributed by atoms with Gasteiger partial charge in [0.25, 0.3) is 0 Å². The van der Waals surface area contributed by atoms with E-state index in [1.54, 1.807) is 6.08 Å². The van der Waals surface area contributed by atoms with E-state index in [1.807, 2.05) is 0 Å². The van der Waals surface area contributed by atoms with Crippen LogP contribution in [0.4, 0.5) is 0 Å². The average molecular weight is 206 g/mol. The van der Waals surface area contributed by atoms with Crippen molar-refractivity contribution in [3.05, 3.63) is 24.3 Å². The van der Waals surface area contributed by atoms with Crippen LogP contribution in [0, 0.1) is 17.8 Å². The van der Waals surface area contributed by atoms with Crippen LogP contribution < -0.4 is 0 Å². The molecule has 2 aliphatic carbocycles. The molecule has 3 atom stereocenters. The van der Waals surface area contributed by atoms with Crippen molar-refractivity contribution < 1.29 is 19.5 Å². The number of rotatable bonds is 1. The summed E-state index contributed by atoms with van der Waals surface area (Å²) in [7, 11) is 0. The lowest BCUT2D eigenvalue weighted by Crippen LogP contribution is -2.41. The first-order valence-electron chi connectivity index (χ1n) is 4.76. The van der Waals surface area contributed by atoms with Gasteiger partial charge in [-0.1, -0.05) is 12.2 Å². The minimum atomic E-state index is -1.04. The van der Waals surface area contributed by atoms with Gasteiger partial charge in [-0.3, -0.25) is 14.4 Å². The Bertz CT molecular complexity index is 391. The molecule has 0 aliphatic heterocycles. The molecule has 4 nitrogen and oxygen atoms in total. The van der Waals surface area contributed by atoms with E-state index in [0.717, 1.165) is 0 Å². The number of carbonyl (C=O) groups excluding carboxylic acids is 2. The molecule has 0 fully saturated rings. The van der Waals surface area contributed by atoms with Crippen molar-refractivity contribution in [2.75, 3.05) is 0 Å². The molecule has 0 unspecified atom stereocenters. The molecule has 0 aromatic heterocycles. The number of fused-ring (bicyclic) bond motifs is 1. The number of hydrogen-bond acceptors (Lipinski definition) is 3. The molecule has 0 aromatic rings. The SMILES string of the molecule is O=C1C=CC(=O)[C@@H]2CC=C[C@H](C(=O)O)[C@@H]12. The second-order valence-electron chi connectivity index (χ2n) is 3.80. The third-order valence-corrected chi connectivity index (χ3v) is 2.94. The molecule has 78 valence electrons. The largest absolute Gasteiger partial charge is 0.481 e. The van der Waals surface area contributed by atoms with E-state index in [1.165, 1.54) is 18.2 Å². The first kappa shape index (κ1) is 9.83. The third-order valence-electron chi connectivity index (χ3n) is 2.94. The number of hydrogen-bond donors (Lipinski definition) is 1. The summed E-state index contributed by atoms with van der Waals surface area (Å²) < 4.78 is 0. The molecule has 1 N–H and O–H groups in total. The normalized spacial score (nSPS) is 34.0.